The van der Waals surface area contributed by atoms with Gasteiger partial charge in [0.1, 0.15) is 11.4 Å². The molecule has 1 aliphatic rings. The van der Waals surface area contributed by atoms with Crippen LogP contribution in [0.2, 0.25) is 0 Å². The van der Waals surface area contributed by atoms with Gasteiger partial charge in [0.25, 0.3) is 0 Å². The van der Waals surface area contributed by atoms with E-state index < -0.39 is 28.9 Å². The summed E-state index contributed by atoms with van der Waals surface area (Å²) in [6.45, 7) is 5.20. The van der Waals surface area contributed by atoms with E-state index in [1.54, 1.807) is 20.8 Å². The van der Waals surface area contributed by atoms with Crippen LogP contribution in [0.3, 0.4) is 0 Å². The van der Waals surface area contributed by atoms with Crippen LogP contribution >= 0.6 is 0 Å². The van der Waals surface area contributed by atoms with Gasteiger partial charge in [-0.25, -0.2) is 9.18 Å². The van der Waals surface area contributed by atoms with Crippen LogP contribution in [0.25, 0.3) is 0 Å². The highest BCUT2D eigenvalue weighted by molar-refractivity contribution is 5.87. The number of halogens is 1. The maximum atomic E-state index is 14.0. The monoisotopic (exact) mass is 309 g/mol. The van der Waals surface area contributed by atoms with Crippen molar-refractivity contribution in [2.45, 2.75) is 51.0 Å². The fourth-order valence-corrected chi connectivity index (χ4v) is 2.52. The molecule has 5 nitrogen and oxygen atoms in total. The molecule has 0 spiro atoms. The second-order valence-corrected chi connectivity index (χ2v) is 6.56. The molecule has 1 aliphatic carbocycles. The normalized spacial score (nSPS) is 16.5. The number of carboxylic acids is 1. The van der Waals surface area contributed by atoms with E-state index in [9.17, 15) is 19.1 Å². The van der Waals surface area contributed by atoms with Crippen molar-refractivity contribution < 1.29 is 23.8 Å². The maximum Gasteiger partial charge on any atom is 0.412 e. The molecule has 2 N–H and O–H groups in total. The first kappa shape index (κ1) is 16.3. The third-order valence-electron chi connectivity index (χ3n) is 3.74. The summed E-state index contributed by atoms with van der Waals surface area (Å²) in [5.41, 5.74) is -1.41. The number of ether oxygens (including phenoxy) is 1. The summed E-state index contributed by atoms with van der Waals surface area (Å²) in [5.74, 6) is -1.61. The summed E-state index contributed by atoms with van der Waals surface area (Å²) < 4.78 is 19.2. The molecule has 1 aromatic carbocycles. The Morgan fingerprint density at radius 2 is 1.95 bits per heavy atom. The maximum absolute atomic E-state index is 14.0. The van der Waals surface area contributed by atoms with Crippen molar-refractivity contribution in [2.75, 3.05) is 5.32 Å². The minimum absolute atomic E-state index is 0.111. The molecule has 22 heavy (non-hydrogen) atoms. The molecule has 1 amide bonds. The molecule has 0 atom stereocenters. The Morgan fingerprint density at radius 1 is 1.32 bits per heavy atom. The minimum Gasteiger partial charge on any atom is -0.481 e. The second kappa shape index (κ2) is 5.59. The lowest BCUT2D eigenvalue weighted by Crippen LogP contribution is -2.43. The van der Waals surface area contributed by atoms with Gasteiger partial charge in [0, 0.05) is 11.3 Å². The third-order valence-corrected chi connectivity index (χ3v) is 3.74. The fourth-order valence-electron chi connectivity index (χ4n) is 2.52. The van der Waals surface area contributed by atoms with Gasteiger partial charge in [0.05, 0.1) is 5.41 Å². The number of carboxylic acid groups (broad SMARTS) is 1. The van der Waals surface area contributed by atoms with Gasteiger partial charge in [-0.1, -0.05) is 6.42 Å². The number of amides is 1. The summed E-state index contributed by atoms with van der Waals surface area (Å²) in [6.07, 6.45) is 0.878. The molecule has 0 aromatic heterocycles. The number of nitrogens with one attached hydrogen (secondary N) is 1. The van der Waals surface area contributed by atoms with Gasteiger partial charge in [-0.05, 0) is 51.8 Å². The van der Waals surface area contributed by atoms with Gasteiger partial charge in [-0.15, -0.1) is 0 Å². The fraction of sp³-hybridized carbons (Fsp3) is 0.500. The molecule has 0 heterocycles. The summed E-state index contributed by atoms with van der Waals surface area (Å²) in [4.78, 5) is 23.2. The van der Waals surface area contributed by atoms with Crippen LogP contribution in [0, 0.1) is 5.82 Å². The van der Waals surface area contributed by atoms with Crippen LogP contribution in [0.4, 0.5) is 14.9 Å². The number of carbonyl (C=O) groups excluding carboxylic acids is 1. The first-order valence-electron chi connectivity index (χ1n) is 7.17. The number of benzene rings is 1. The Bertz CT molecular complexity index is 603. The first-order chi connectivity index (χ1) is 10.1. The quantitative estimate of drug-likeness (QED) is 0.893. The molecule has 2 rings (SSSR count). The zero-order valence-electron chi connectivity index (χ0n) is 12.9. The smallest absolute Gasteiger partial charge is 0.412 e. The topological polar surface area (TPSA) is 75.6 Å². The largest absolute Gasteiger partial charge is 0.481 e. The standard InChI is InChI=1S/C16H20FNO4/c1-15(2,3)22-14(21)18-10-5-6-12(17)11(9-10)16(13(19)20)7-4-8-16/h5-6,9H,4,7-8H2,1-3H3,(H,18,21)(H,19,20). The second-order valence-electron chi connectivity index (χ2n) is 6.56. The molecule has 0 aliphatic heterocycles. The molecule has 6 heteroatoms. The number of hydrogen-bond acceptors (Lipinski definition) is 3. The van der Waals surface area contributed by atoms with Crippen molar-refractivity contribution in [3.05, 3.63) is 29.6 Å². The van der Waals surface area contributed by atoms with Crippen LogP contribution in [0.15, 0.2) is 18.2 Å². The van der Waals surface area contributed by atoms with Crippen LogP contribution < -0.4 is 5.32 Å². The Hall–Kier alpha value is -2.11. The number of aliphatic carboxylic acids is 1. The van der Waals surface area contributed by atoms with Crippen LogP contribution in [-0.2, 0) is 14.9 Å². The lowest BCUT2D eigenvalue weighted by atomic mass is 9.64. The van der Waals surface area contributed by atoms with Gasteiger partial charge in [0.15, 0.2) is 0 Å². The van der Waals surface area contributed by atoms with E-state index in [0.717, 1.165) is 6.42 Å². The summed E-state index contributed by atoms with van der Waals surface area (Å²) in [6, 6.07) is 3.94. The highest BCUT2D eigenvalue weighted by Gasteiger charge is 2.47. The van der Waals surface area contributed by atoms with E-state index in [4.69, 9.17) is 4.74 Å². The summed E-state index contributed by atoms with van der Waals surface area (Å²) in [7, 11) is 0. The molecule has 0 radical (unpaired) electrons. The Labute approximate surface area is 128 Å². The minimum atomic E-state index is -1.18. The zero-order valence-corrected chi connectivity index (χ0v) is 12.9. The van der Waals surface area contributed by atoms with Crippen molar-refractivity contribution >= 4 is 17.7 Å². The van der Waals surface area contributed by atoms with Crippen molar-refractivity contribution in [3.8, 4) is 0 Å². The van der Waals surface area contributed by atoms with Gasteiger partial charge in [-0.3, -0.25) is 10.1 Å². The van der Waals surface area contributed by atoms with Crippen molar-refractivity contribution in [1.29, 1.82) is 0 Å². The number of hydrogen-bond donors (Lipinski definition) is 2. The predicted molar refractivity (Wildman–Crippen MR) is 79.4 cm³/mol. The number of carbonyl (C=O) groups is 2. The Kier molecular flexibility index (Phi) is 4.13. The highest BCUT2D eigenvalue weighted by atomic mass is 19.1. The third kappa shape index (κ3) is 3.21. The predicted octanol–water partition coefficient (Wildman–Crippen LogP) is 3.68. The van der Waals surface area contributed by atoms with Crippen molar-refractivity contribution in [2.24, 2.45) is 0 Å². The molecular weight excluding hydrogens is 289 g/mol. The van der Waals surface area contributed by atoms with Crippen LogP contribution in [0.1, 0.15) is 45.6 Å². The van der Waals surface area contributed by atoms with Gasteiger partial charge < -0.3 is 9.84 Å². The molecule has 1 saturated carbocycles. The van der Waals surface area contributed by atoms with E-state index in [-0.39, 0.29) is 5.56 Å². The highest BCUT2D eigenvalue weighted by Crippen LogP contribution is 2.45. The average molecular weight is 309 g/mol. The van der Waals surface area contributed by atoms with E-state index in [2.05, 4.69) is 5.32 Å². The summed E-state index contributed by atoms with van der Waals surface area (Å²) in [5, 5.41) is 11.9. The number of anilines is 1. The Morgan fingerprint density at radius 3 is 2.41 bits per heavy atom. The zero-order chi connectivity index (χ0) is 16.5. The molecule has 0 saturated heterocycles. The average Bonchev–Trinajstić information content (AvgIpc) is 2.28. The lowest BCUT2D eigenvalue weighted by Gasteiger charge is -2.38. The number of rotatable bonds is 3. The van der Waals surface area contributed by atoms with E-state index in [0.29, 0.717) is 18.5 Å². The van der Waals surface area contributed by atoms with E-state index in [1.165, 1.54) is 18.2 Å². The first-order valence-corrected chi connectivity index (χ1v) is 7.17. The molecule has 1 fully saturated rings. The van der Waals surface area contributed by atoms with E-state index in [1.807, 2.05) is 0 Å². The summed E-state index contributed by atoms with van der Waals surface area (Å²) >= 11 is 0. The molecular formula is C16H20FNO4. The van der Waals surface area contributed by atoms with Gasteiger partial charge in [-0.2, -0.15) is 0 Å². The van der Waals surface area contributed by atoms with Crippen molar-refractivity contribution in [3.63, 3.8) is 0 Å². The van der Waals surface area contributed by atoms with Crippen molar-refractivity contribution in [1.82, 2.24) is 0 Å². The van der Waals surface area contributed by atoms with Gasteiger partial charge in [0.2, 0.25) is 0 Å². The van der Waals surface area contributed by atoms with Gasteiger partial charge >= 0.3 is 12.1 Å². The van der Waals surface area contributed by atoms with Crippen LogP contribution in [0.5, 0.6) is 0 Å². The molecule has 0 bridgehead atoms. The molecule has 120 valence electrons. The molecule has 0 unspecified atom stereocenters. The SMILES string of the molecule is CC(C)(C)OC(=O)Nc1ccc(F)c(C2(C(=O)O)CCC2)c1. The lowest BCUT2D eigenvalue weighted by molar-refractivity contribution is -0.147. The van der Waals surface area contributed by atoms with E-state index >= 15 is 0 Å². The Balaban J connectivity index is 2.24. The molecule has 1 aromatic rings. The van der Waals surface area contributed by atoms with Crippen LogP contribution in [-0.4, -0.2) is 22.8 Å².